The minimum atomic E-state index is 0.363. The first-order valence-corrected chi connectivity index (χ1v) is 9.06. The van der Waals surface area contributed by atoms with Crippen LogP contribution in [0, 0.1) is 5.92 Å². The molecule has 0 spiro atoms. The molecule has 2 unspecified atom stereocenters. The zero-order valence-electron chi connectivity index (χ0n) is 12.9. The Bertz CT molecular complexity index is 346. The van der Waals surface area contributed by atoms with E-state index in [4.69, 9.17) is 4.74 Å². The van der Waals surface area contributed by atoms with Gasteiger partial charge in [-0.05, 0) is 60.5 Å². The molecule has 20 heavy (non-hydrogen) atoms. The number of hydrogen-bond acceptors (Lipinski definition) is 3. The fraction of sp³-hybridized carbons (Fsp3) is 0.765. The molecule has 0 saturated heterocycles. The van der Waals surface area contributed by atoms with Crippen LogP contribution in [0.25, 0.3) is 0 Å². The number of ether oxygens (including phenoxy) is 1. The van der Waals surface area contributed by atoms with E-state index in [1.54, 1.807) is 11.3 Å². The quantitative estimate of drug-likeness (QED) is 0.774. The summed E-state index contributed by atoms with van der Waals surface area (Å²) in [7, 11) is 1.90. The van der Waals surface area contributed by atoms with Crippen LogP contribution >= 0.6 is 11.3 Å². The molecule has 2 atom stereocenters. The van der Waals surface area contributed by atoms with Crippen LogP contribution in [0.3, 0.4) is 0 Å². The second-order valence-corrected chi connectivity index (χ2v) is 6.77. The van der Waals surface area contributed by atoms with Gasteiger partial charge >= 0.3 is 0 Å². The van der Waals surface area contributed by atoms with Gasteiger partial charge in [-0.2, -0.15) is 11.3 Å². The summed E-state index contributed by atoms with van der Waals surface area (Å²) in [5.74, 6) is 0.738. The number of methoxy groups -OCH3 is 1. The summed E-state index contributed by atoms with van der Waals surface area (Å²) in [5.41, 5.74) is 1.45. The molecule has 0 bridgehead atoms. The summed E-state index contributed by atoms with van der Waals surface area (Å²) in [6.07, 6.45) is 9.48. The van der Waals surface area contributed by atoms with Gasteiger partial charge in [0.2, 0.25) is 0 Å². The Morgan fingerprint density at radius 3 is 2.75 bits per heavy atom. The van der Waals surface area contributed by atoms with Crippen molar-refractivity contribution in [3.8, 4) is 0 Å². The smallest absolute Gasteiger partial charge is 0.0755 e. The summed E-state index contributed by atoms with van der Waals surface area (Å²) < 4.78 is 5.94. The maximum Gasteiger partial charge on any atom is 0.0755 e. The molecule has 2 rings (SSSR count). The number of nitrogens with one attached hydrogen (secondary N) is 1. The van der Waals surface area contributed by atoms with Gasteiger partial charge < -0.3 is 10.1 Å². The Kier molecular flexibility index (Phi) is 7.05. The molecule has 0 radical (unpaired) electrons. The van der Waals surface area contributed by atoms with E-state index in [1.807, 2.05) is 7.11 Å². The highest BCUT2D eigenvalue weighted by molar-refractivity contribution is 7.07. The second kappa shape index (κ2) is 8.81. The van der Waals surface area contributed by atoms with Gasteiger partial charge in [0.25, 0.3) is 0 Å². The minimum Gasteiger partial charge on any atom is -0.380 e. The van der Waals surface area contributed by atoms with Crippen LogP contribution in [-0.2, 0) is 11.2 Å². The first-order valence-electron chi connectivity index (χ1n) is 8.12. The van der Waals surface area contributed by atoms with Gasteiger partial charge in [-0.25, -0.2) is 0 Å². The highest BCUT2D eigenvalue weighted by Crippen LogP contribution is 2.30. The Labute approximate surface area is 127 Å². The average molecular weight is 295 g/mol. The maximum absolute atomic E-state index is 5.94. The zero-order chi connectivity index (χ0) is 14.2. The van der Waals surface area contributed by atoms with Crippen molar-refractivity contribution in [1.82, 2.24) is 5.32 Å². The molecule has 1 saturated carbocycles. The van der Waals surface area contributed by atoms with Gasteiger partial charge in [-0.3, -0.25) is 0 Å². The minimum absolute atomic E-state index is 0.363. The van der Waals surface area contributed by atoms with Crippen LogP contribution in [0.4, 0.5) is 0 Å². The van der Waals surface area contributed by atoms with Crippen LogP contribution in [-0.4, -0.2) is 25.8 Å². The summed E-state index contributed by atoms with van der Waals surface area (Å²) >= 11 is 1.79. The summed E-state index contributed by atoms with van der Waals surface area (Å²) in [6, 6.07) is 2.71. The van der Waals surface area contributed by atoms with Crippen molar-refractivity contribution in [3.05, 3.63) is 22.4 Å². The predicted molar refractivity (Wildman–Crippen MR) is 87.5 cm³/mol. The molecular weight excluding hydrogens is 266 g/mol. The van der Waals surface area contributed by atoms with Crippen LogP contribution in [0.15, 0.2) is 16.8 Å². The van der Waals surface area contributed by atoms with Crippen molar-refractivity contribution in [2.45, 2.75) is 64.0 Å². The Morgan fingerprint density at radius 2 is 2.15 bits per heavy atom. The number of hydrogen-bond donors (Lipinski definition) is 1. The lowest BCUT2D eigenvalue weighted by molar-refractivity contribution is 0.00836. The molecule has 1 aliphatic rings. The number of thiophene rings is 1. The van der Waals surface area contributed by atoms with Gasteiger partial charge in [0.05, 0.1) is 6.10 Å². The summed E-state index contributed by atoms with van der Waals surface area (Å²) in [4.78, 5) is 0. The fourth-order valence-electron chi connectivity index (χ4n) is 3.44. The predicted octanol–water partition coefficient (Wildman–Crippen LogP) is 4.25. The standard InChI is InChI=1S/C17H29NOS/c1-3-10-18-16(12-14-9-11-20-13-14)17(19-2)15-7-5-4-6-8-15/h9,11,13,15-18H,3-8,10,12H2,1-2H3. The SMILES string of the molecule is CCCNC(Cc1ccsc1)C(OC)C1CCCCC1. The van der Waals surface area contributed by atoms with Crippen LogP contribution < -0.4 is 5.32 Å². The van der Waals surface area contributed by atoms with Crippen LogP contribution in [0.1, 0.15) is 51.0 Å². The average Bonchev–Trinajstić information content (AvgIpc) is 2.99. The largest absolute Gasteiger partial charge is 0.380 e. The van der Waals surface area contributed by atoms with E-state index in [2.05, 4.69) is 29.1 Å². The van der Waals surface area contributed by atoms with E-state index in [0.717, 1.165) is 18.9 Å². The first-order chi connectivity index (χ1) is 9.85. The van der Waals surface area contributed by atoms with E-state index in [0.29, 0.717) is 12.1 Å². The van der Waals surface area contributed by atoms with Gasteiger partial charge in [0.15, 0.2) is 0 Å². The summed E-state index contributed by atoms with van der Waals surface area (Å²) in [6.45, 7) is 3.32. The highest BCUT2D eigenvalue weighted by atomic mass is 32.1. The Morgan fingerprint density at radius 1 is 1.35 bits per heavy atom. The van der Waals surface area contributed by atoms with E-state index in [1.165, 1.54) is 44.1 Å². The van der Waals surface area contributed by atoms with E-state index < -0.39 is 0 Å². The maximum atomic E-state index is 5.94. The normalized spacial score (nSPS) is 19.9. The molecule has 3 heteroatoms. The van der Waals surface area contributed by atoms with Crippen molar-refractivity contribution in [3.63, 3.8) is 0 Å². The fourth-order valence-corrected chi connectivity index (χ4v) is 4.13. The molecular formula is C17H29NOS. The number of rotatable bonds is 8. The lowest BCUT2D eigenvalue weighted by Gasteiger charge is -2.35. The zero-order valence-corrected chi connectivity index (χ0v) is 13.8. The Balaban J connectivity index is 2.01. The third-order valence-electron chi connectivity index (χ3n) is 4.48. The van der Waals surface area contributed by atoms with Crippen LogP contribution in [0.2, 0.25) is 0 Å². The highest BCUT2D eigenvalue weighted by Gasteiger charge is 2.30. The molecule has 0 aromatic carbocycles. The van der Waals surface area contributed by atoms with Crippen LogP contribution in [0.5, 0.6) is 0 Å². The third-order valence-corrected chi connectivity index (χ3v) is 5.21. The monoisotopic (exact) mass is 295 g/mol. The molecule has 114 valence electrons. The summed E-state index contributed by atoms with van der Waals surface area (Å²) in [5, 5.41) is 8.18. The van der Waals surface area contributed by atoms with E-state index >= 15 is 0 Å². The van der Waals surface area contributed by atoms with Gasteiger partial charge in [0, 0.05) is 13.2 Å². The van der Waals surface area contributed by atoms with Crippen molar-refractivity contribution in [2.24, 2.45) is 5.92 Å². The molecule has 0 amide bonds. The van der Waals surface area contributed by atoms with Crippen molar-refractivity contribution in [2.75, 3.05) is 13.7 Å². The third kappa shape index (κ3) is 4.57. The molecule has 1 aromatic rings. The van der Waals surface area contributed by atoms with Crippen molar-refractivity contribution in [1.29, 1.82) is 0 Å². The molecule has 1 heterocycles. The van der Waals surface area contributed by atoms with Gasteiger partial charge in [-0.1, -0.05) is 26.2 Å². The first kappa shape index (κ1) is 16.0. The van der Waals surface area contributed by atoms with E-state index in [9.17, 15) is 0 Å². The van der Waals surface area contributed by atoms with Crippen molar-refractivity contribution >= 4 is 11.3 Å². The van der Waals surface area contributed by atoms with E-state index in [-0.39, 0.29) is 0 Å². The molecule has 1 aromatic heterocycles. The lowest BCUT2D eigenvalue weighted by atomic mass is 9.81. The second-order valence-electron chi connectivity index (χ2n) is 5.99. The molecule has 1 N–H and O–H groups in total. The molecule has 1 fully saturated rings. The molecule has 0 aliphatic heterocycles. The van der Waals surface area contributed by atoms with Gasteiger partial charge in [-0.15, -0.1) is 0 Å². The van der Waals surface area contributed by atoms with Gasteiger partial charge in [0.1, 0.15) is 0 Å². The molecule has 1 aliphatic carbocycles. The molecule has 2 nitrogen and oxygen atoms in total. The lowest BCUT2D eigenvalue weighted by Crippen LogP contribution is -2.47. The Hall–Kier alpha value is -0.380. The van der Waals surface area contributed by atoms with Crippen molar-refractivity contribution < 1.29 is 4.74 Å². The topological polar surface area (TPSA) is 21.3 Å².